The van der Waals surface area contributed by atoms with Gasteiger partial charge < -0.3 is 9.64 Å². The van der Waals surface area contributed by atoms with Crippen LogP contribution in [0.5, 0.6) is 5.75 Å². The number of imide groups is 1. The van der Waals surface area contributed by atoms with Gasteiger partial charge in [-0.25, -0.2) is 4.39 Å². The molecule has 1 aliphatic rings. The number of carbonyl (C=O) groups excluding carboxylic acids is 3. The molecule has 30 heavy (non-hydrogen) atoms. The first-order valence-corrected chi connectivity index (χ1v) is 9.63. The van der Waals surface area contributed by atoms with Gasteiger partial charge in [0.2, 0.25) is 5.91 Å². The van der Waals surface area contributed by atoms with E-state index in [1.807, 2.05) is 9.80 Å². The normalized spacial score (nSPS) is 14.3. The summed E-state index contributed by atoms with van der Waals surface area (Å²) in [4.78, 5) is 39.6. The number of rotatable bonds is 6. The van der Waals surface area contributed by atoms with E-state index >= 15 is 0 Å². The predicted molar refractivity (Wildman–Crippen MR) is 111 cm³/mol. The van der Waals surface area contributed by atoms with Crippen molar-refractivity contribution in [3.05, 3.63) is 59.4 Å². The number of ether oxygens (including phenoxy) is 1. The lowest BCUT2D eigenvalue weighted by Gasteiger charge is -2.35. The van der Waals surface area contributed by atoms with Crippen LogP contribution in [0.2, 0.25) is 0 Å². The van der Waals surface area contributed by atoms with Crippen molar-refractivity contribution >= 4 is 23.3 Å². The number of anilines is 1. The third kappa shape index (κ3) is 5.21. The van der Waals surface area contributed by atoms with Gasteiger partial charge in [0.1, 0.15) is 11.6 Å². The molecule has 0 saturated carbocycles. The molecule has 0 aliphatic carbocycles. The monoisotopic (exact) mass is 413 g/mol. The molecule has 2 aromatic rings. The lowest BCUT2D eigenvalue weighted by molar-refractivity contribution is -0.121. The smallest absolute Gasteiger partial charge is 0.257 e. The van der Waals surface area contributed by atoms with E-state index < -0.39 is 11.7 Å². The van der Waals surface area contributed by atoms with Crippen molar-refractivity contribution in [1.29, 1.82) is 0 Å². The minimum Gasteiger partial charge on any atom is -0.497 e. The van der Waals surface area contributed by atoms with E-state index in [-0.39, 0.29) is 18.2 Å². The van der Waals surface area contributed by atoms with Gasteiger partial charge in [-0.3, -0.25) is 24.6 Å². The molecule has 0 aromatic heterocycles. The SMILES string of the molecule is COc1ccc(C(=O)NC(=O)CN2CCN(c3ccc(C(C)=O)cc3F)CC2)cc1. The molecule has 158 valence electrons. The van der Waals surface area contributed by atoms with Crippen LogP contribution in [0.4, 0.5) is 10.1 Å². The summed E-state index contributed by atoms with van der Waals surface area (Å²) in [5.74, 6) is -0.835. The average Bonchev–Trinajstić information content (AvgIpc) is 2.74. The van der Waals surface area contributed by atoms with E-state index in [2.05, 4.69) is 5.32 Å². The Morgan fingerprint density at radius 3 is 2.20 bits per heavy atom. The van der Waals surface area contributed by atoms with E-state index in [0.717, 1.165) is 0 Å². The Kier molecular flexibility index (Phi) is 6.79. The van der Waals surface area contributed by atoms with Crippen LogP contribution in [0.1, 0.15) is 27.6 Å². The zero-order chi connectivity index (χ0) is 21.7. The van der Waals surface area contributed by atoms with Crippen LogP contribution < -0.4 is 15.0 Å². The molecule has 1 heterocycles. The van der Waals surface area contributed by atoms with Crippen molar-refractivity contribution in [2.24, 2.45) is 0 Å². The summed E-state index contributed by atoms with van der Waals surface area (Å²) >= 11 is 0. The second-order valence-electron chi connectivity index (χ2n) is 7.09. The number of nitrogens with zero attached hydrogens (tertiary/aromatic N) is 2. The molecule has 0 spiro atoms. The molecule has 1 aliphatic heterocycles. The van der Waals surface area contributed by atoms with Crippen LogP contribution in [-0.2, 0) is 4.79 Å². The summed E-state index contributed by atoms with van der Waals surface area (Å²) in [6, 6.07) is 11.0. The van der Waals surface area contributed by atoms with Gasteiger partial charge in [-0.05, 0) is 49.4 Å². The largest absolute Gasteiger partial charge is 0.497 e. The summed E-state index contributed by atoms with van der Waals surface area (Å²) in [7, 11) is 1.54. The van der Waals surface area contributed by atoms with E-state index in [4.69, 9.17) is 4.74 Å². The Balaban J connectivity index is 1.50. The molecule has 7 nitrogen and oxygen atoms in total. The summed E-state index contributed by atoms with van der Waals surface area (Å²) < 4.78 is 19.4. The van der Waals surface area contributed by atoms with Crippen molar-refractivity contribution < 1.29 is 23.5 Å². The van der Waals surface area contributed by atoms with E-state index in [0.29, 0.717) is 48.7 Å². The first kappa shape index (κ1) is 21.4. The quantitative estimate of drug-likeness (QED) is 0.731. The van der Waals surface area contributed by atoms with Crippen LogP contribution in [0.25, 0.3) is 0 Å². The van der Waals surface area contributed by atoms with E-state index in [1.54, 1.807) is 36.4 Å². The van der Waals surface area contributed by atoms with Crippen molar-refractivity contribution in [2.75, 3.05) is 44.7 Å². The van der Waals surface area contributed by atoms with E-state index in [9.17, 15) is 18.8 Å². The molecule has 8 heteroatoms. The number of amides is 2. The van der Waals surface area contributed by atoms with Gasteiger partial charge in [-0.2, -0.15) is 0 Å². The minimum atomic E-state index is -0.464. The number of nitrogens with one attached hydrogen (secondary N) is 1. The van der Waals surface area contributed by atoms with Crippen molar-refractivity contribution in [1.82, 2.24) is 10.2 Å². The third-order valence-electron chi connectivity index (χ3n) is 5.04. The molecule has 1 N–H and O–H groups in total. The molecule has 3 rings (SSSR count). The van der Waals surface area contributed by atoms with E-state index in [1.165, 1.54) is 20.1 Å². The third-order valence-corrected chi connectivity index (χ3v) is 5.04. The van der Waals surface area contributed by atoms with Crippen molar-refractivity contribution in [3.63, 3.8) is 0 Å². The van der Waals surface area contributed by atoms with Gasteiger partial charge >= 0.3 is 0 Å². The average molecular weight is 413 g/mol. The standard InChI is InChI=1S/C22H24FN3O4/c1-15(27)17-5-8-20(19(23)13-17)26-11-9-25(10-12-26)14-21(28)24-22(29)16-3-6-18(30-2)7-4-16/h3-8,13H,9-12,14H2,1-2H3,(H,24,28,29). The van der Waals surface area contributed by atoms with Gasteiger partial charge in [0.25, 0.3) is 5.91 Å². The number of hydrogen-bond acceptors (Lipinski definition) is 6. The van der Waals surface area contributed by atoms with Crippen molar-refractivity contribution in [3.8, 4) is 5.75 Å². The number of carbonyl (C=O) groups is 3. The lowest BCUT2D eigenvalue weighted by atomic mass is 10.1. The van der Waals surface area contributed by atoms with Crippen LogP contribution in [0.3, 0.4) is 0 Å². The van der Waals surface area contributed by atoms with Gasteiger partial charge in [-0.1, -0.05) is 0 Å². The number of methoxy groups -OCH3 is 1. The number of piperazine rings is 1. The maximum atomic E-state index is 14.3. The first-order valence-electron chi connectivity index (χ1n) is 9.63. The molecule has 2 amide bonds. The fourth-order valence-electron chi connectivity index (χ4n) is 3.31. The molecule has 0 bridgehead atoms. The number of Topliss-reactive ketones (excluding diaryl/α,β-unsaturated/α-hetero) is 1. The Morgan fingerprint density at radius 2 is 1.63 bits per heavy atom. The second-order valence-corrected chi connectivity index (χ2v) is 7.09. The Labute approximate surface area is 174 Å². The number of hydrogen-bond donors (Lipinski definition) is 1. The number of ketones is 1. The molecule has 0 unspecified atom stereocenters. The fraction of sp³-hybridized carbons (Fsp3) is 0.318. The fourth-order valence-corrected chi connectivity index (χ4v) is 3.31. The van der Waals surface area contributed by atoms with Crippen molar-refractivity contribution in [2.45, 2.75) is 6.92 Å². The second kappa shape index (κ2) is 9.49. The Hall–Kier alpha value is -3.26. The van der Waals surface area contributed by atoms with Crippen LogP contribution >= 0.6 is 0 Å². The molecule has 0 radical (unpaired) electrons. The first-order chi connectivity index (χ1) is 14.4. The molecule has 0 atom stereocenters. The van der Waals surface area contributed by atoms with Gasteiger partial charge in [-0.15, -0.1) is 0 Å². The summed E-state index contributed by atoms with van der Waals surface area (Å²) in [5.41, 5.74) is 1.16. The molecular formula is C22H24FN3O4. The zero-order valence-electron chi connectivity index (χ0n) is 17.0. The highest BCUT2D eigenvalue weighted by Crippen LogP contribution is 2.22. The highest BCUT2D eigenvalue weighted by molar-refractivity contribution is 6.05. The topological polar surface area (TPSA) is 79.0 Å². The summed E-state index contributed by atoms with van der Waals surface area (Å²) in [6.45, 7) is 3.67. The van der Waals surface area contributed by atoms with Crippen LogP contribution in [0.15, 0.2) is 42.5 Å². The molecule has 1 saturated heterocycles. The van der Waals surface area contributed by atoms with Crippen LogP contribution in [-0.4, -0.2) is 62.3 Å². The summed E-state index contributed by atoms with van der Waals surface area (Å²) in [5, 5.41) is 2.38. The van der Waals surface area contributed by atoms with Crippen LogP contribution in [0, 0.1) is 5.82 Å². The highest BCUT2D eigenvalue weighted by atomic mass is 19.1. The Morgan fingerprint density at radius 1 is 1.00 bits per heavy atom. The molecular weight excluding hydrogens is 389 g/mol. The summed E-state index contributed by atoms with van der Waals surface area (Å²) in [6.07, 6.45) is 0. The van der Waals surface area contributed by atoms with Gasteiger partial charge in [0.05, 0.1) is 19.3 Å². The maximum absolute atomic E-state index is 14.3. The lowest BCUT2D eigenvalue weighted by Crippen LogP contribution is -2.50. The highest BCUT2D eigenvalue weighted by Gasteiger charge is 2.22. The molecule has 1 fully saturated rings. The minimum absolute atomic E-state index is 0.0848. The maximum Gasteiger partial charge on any atom is 0.257 e. The molecule has 2 aromatic carbocycles. The number of halogens is 1. The predicted octanol–water partition coefficient (Wildman–Crippen LogP) is 2.12. The number of benzene rings is 2. The van der Waals surface area contributed by atoms with Gasteiger partial charge in [0.15, 0.2) is 5.78 Å². The van der Waals surface area contributed by atoms with Gasteiger partial charge in [0, 0.05) is 37.3 Å². The zero-order valence-corrected chi connectivity index (χ0v) is 17.0. The Bertz CT molecular complexity index is 938.